The molecule has 220 valence electrons. The number of hydrogen-bond acceptors (Lipinski definition) is 8. The molecule has 0 aromatic carbocycles. The number of carbonyl (C=O) groups excluding carboxylic acids is 2. The van der Waals surface area contributed by atoms with Crippen LogP contribution in [0.3, 0.4) is 0 Å². The molecule has 38 heavy (non-hydrogen) atoms. The third kappa shape index (κ3) is 8.55. The van der Waals surface area contributed by atoms with E-state index in [9.17, 15) is 44.3 Å². The van der Waals surface area contributed by atoms with Gasteiger partial charge in [0, 0.05) is 18.9 Å². The molecule has 0 spiro atoms. The van der Waals surface area contributed by atoms with Crippen molar-refractivity contribution in [3.63, 3.8) is 0 Å². The van der Waals surface area contributed by atoms with Gasteiger partial charge in [0.1, 0.15) is 6.10 Å². The van der Waals surface area contributed by atoms with Gasteiger partial charge < -0.3 is 19.5 Å². The molecule has 0 radical (unpaired) electrons. The van der Waals surface area contributed by atoms with Crippen LogP contribution in [0.1, 0.15) is 58.8 Å². The minimum absolute atomic E-state index is 0.00654. The molecule has 0 aromatic heterocycles. The van der Waals surface area contributed by atoms with Gasteiger partial charge in [0.25, 0.3) is 0 Å². The Bertz CT molecular complexity index is 957. The molecule has 2 aliphatic rings. The monoisotopic (exact) mass is 583 g/mol. The summed E-state index contributed by atoms with van der Waals surface area (Å²) in [6, 6.07) is -1.01. The van der Waals surface area contributed by atoms with Gasteiger partial charge in [0.05, 0.1) is 13.2 Å². The van der Waals surface area contributed by atoms with Gasteiger partial charge in [-0.2, -0.15) is 34.8 Å². The molecule has 1 heterocycles. The maximum Gasteiger partial charge on any atom is 0.446 e. The number of amides is 1. The van der Waals surface area contributed by atoms with Crippen LogP contribution in [0.5, 0.6) is 0 Å². The number of halogens is 6. The Balaban J connectivity index is 2.10. The van der Waals surface area contributed by atoms with Crippen molar-refractivity contribution in [2.24, 2.45) is 5.92 Å². The molecular formula is C22H31F6NO8S. The molecule has 1 saturated carbocycles. The molecule has 1 N–H and O–H groups in total. The first-order valence-corrected chi connectivity index (χ1v) is 13.3. The Kier molecular flexibility index (Phi) is 10.6. The molecular weight excluding hydrogens is 552 g/mol. The lowest BCUT2D eigenvalue weighted by atomic mass is 9.93. The van der Waals surface area contributed by atoms with E-state index in [2.05, 4.69) is 10.8 Å². The highest BCUT2D eigenvalue weighted by atomic mass is 32.2. The number of esters is 1. The first-order chi connectivity index (χ1) is 17.4. The normalized spacial score (nSPS) is 23.5. The second-order valence-electron chi connectivity index (χ2n) is 9.62. The Morgan fingerprint density at radius 3 is 2.08 bits per heavy atom. The predicted octanol–water partition coefficient (Wildman–Crippen LogP) is 3.88. The summed E-state index contributed by atoms with van der Waals surface area (Å²) in [6.07, 6.45) is -10.5. The molecule has 1 unspecified atom stereocenters. The van der Waals surface area contributed by atoms with Crippen molar-refractivity contribution >= 4 is 22.0 Å². The zero-order chi connectivity index (χ0) is 28.9. The lowest BCUT2D eigenvalue weighted by Gasteiger charge is -2.40. The maximum atomic E-state index is 14.6. The summed E-state index contributed by atoms with van der Waals surface area (Å²) in [5.41, 5.74) is 0. The van der Waals surface area contributed by atoms with E-state index in [4.69, 9.17) is 14.2 Å². The first kappa shape index (κ1) is 32.3. The molecule has 16 heteroatoms. The standard InChI is InChI=1S/C22H31F6NO8S/c1-13(2)11-20(34-9-4-10-35-20)12-17(21(24,25)26)37-38(32,33)22(27,28)19(31)29-15-5-7-16(8-6-15)36-18(30)14(3)23/h13,15-17H,3-12H2,1-2H3,(H,29,31). The van der Waals surface area contributed by atoms with Crippen molar-refractivity contribution in [3.05, 3.63) is 12.4 Å². The van der Waals surface area contributed by atoms with E-state index < -0.39 is 69.7 Å². The largest absolute Gasteiger partial charge is 0.457 e. The lowest BCUT2D eigenvalue weighted by Crippen LogP contribution is -2.53. The van der Waals surface area contributed by atoms with Crippen LogP contribution in [-0.4, -0.2) is 69.0 Å². The van der Waals surface area contributed by atoms with Crippen LogP contribution in [0.25, 0.3) is 0 Å². The van der Waals surface area contributed by atoms with Crippen LogP contribution in [0.2, 0.25) is 0 Å². The van der Waals surface area contributed by atoms with Crippen LogP contribution in [-0.2, 0) is 38.1 Å². The SMILES string of the molecule is C=C(F)C(=O)OC1CCC(NC(=O)C(F)(F)S(=O)(=O)OC(CC2(CC(C)C)OCCCO2)C(F)(F)F)CC1. The van der Waals surface area contributed by atoms with E-state index in [1.54, 1.807) is 19.2 Å². The summed E-state index contributed by atoms with van der Waals surface area (Å²) < 4.78 is 127. The van der Waals surface area contributed by atoms with E-state index in [1.165, 1.54) is 0 Å². The second kappa shape index (κ2) is 12.5. The smallest absolute Gasteiger partial charge is 0.446 e. The average molecular weight is 584 g/mol. The highest BCUT2D eigenvalue weighted by Crippen LogP contribution is 2.39. The maximum absolute atomic E-state index is 14.6. The van der Waals surface area contributed by atoms with Crippen molar-refractivity contribution in [1.82, 2.24) is 5.32 Å². The third-order valence-corrected chi connectivity index (χ3v) is 7.22. The quantitative estimate of drug-likeness (QED) is 0.169. The molecule has 1 aliphatic heterocycles. The Morgan fingerprint density at radius 1 is 1.05 bits per heavy atom. The summed E-state index contributed by atoms with van der Waals surface area (Å²) >= 11 is 0. The van der Waals surface area contributed by atoms with Crippen molar-refractivity contribution < 1.29 is 62.7 Å². The Morgan fingerprint density at radius 2 is 1.61 bits per heavy atom. The van der Waals surface area contributed by atoms with Crippen molar-refractivity contribution in [2.45, 2.75) is 94.3 Å². The lowest BCUT2D eigenvalue weighted by molar-refractivity contribution is -0.302. The third-order valence-electron chi connectivity index (χ3n) is 5.93. The summed E-state index contributed by atoms with van der Waals surface area (Å²) in [5, 5.41) is -3.59. The highest BCUT2D eigenvalue weighted by Gasteiger charge is 2.59. The zero-order valence-electron chi connectivity index (χ0n) is 20.8. The average Bonchev–Trinajstić information content (AvgIpc) is 2.79. The molecule has 9 nitrogen and oxygen atoms in total. The first-order valence-electron chi connectivity index (χ1n) is 11.9. The minimum atomic E-state index is -6.43. The number of alkyl halides is 5. The Hall–Kier alpha value is -1.91. The van der Waals surface area contributed by atoms with Crippen LogP contribution in [0.4, 0.5) is 26.3 Å². The minimum Gasteiger partial charge on any atom is -0.457 e. The van der Waals surface area contributed by atoms with Gasteiger partial charge in [-0.15, -0.1) is 0 Å². The van der Waals surface area contributed by atoms with Gasteiger partial charge in [-0.1, -0.05) is 20.4 Å². The summed E-state index contributed by atoms with van der Waals surface area (Å²) in [5.74, 6) is -7.20. The molecule has 0 aromatic rings. The number of nitrogens with one attached hydrogen (secondary N) is 1. The summed E-state index contributed by atoms with van der Waals surface area (Å²) in [7, 11) is -6.43. The fourth-order valence-corrected chi connectivity index (χ4v) is 5.07. The van der Waals surface area contributed by atoms with E-state index in [0.29, 0.717) is 6.42 Å². The highest BCUT2D eigenvalue weighted by molar-refractivity contribution is 7.88. The summed E-state index contributed by atoms with van der Waals surface area (Å²) in [4.78, 5) is 23.4. The predicted molar refractivity (Wildman–Crippen MR) is 119 cm³/mol. The van der Waals surface area contributed by atoms with E-state index in [-0.39, 0.29) is 51.2 Å². The van der Waals surface area contributed by atoms with E-state index in [0.717, 1.165) is 0 Å². The van der Waals surface area contributed by atoms with Crippen LogP contribution >= 0.6 is 0 Å². The molecule has 2 rings (SSSR count). The fraction of sp³-hybridized carbons (Fsp3) is 0.818. The Labute approximate surface area is 216 Å². The molecule has 0 bridgehead atoms. The fourth-order valence-electron chi connectivity index (χ4n) is 4.18. The van der Waals surface area contributed by atoms with Crippen molar-refractivity contribution in [3.8, 4) is 0 Å². The second-order valence-corrected chi connectivity index (χ2v) is 11.2. The van der Waals surface area contributed by atoms with Crippen LogP contribution in [0.15, 0.2) is 12.4 Å². The number of rotatable bonds is 11. The number of carbonyl (C=O) groups is 2. The molecule has 1 amide bonds. The van der Waals surface area contributed by atoms with Gasteiger partial charge in [0.15, 0.2) is 11.9 Å². The topological polar surface area (TPSA) is 117 Å². The molecule has 1 saturated heterocycles. The van der Waals surface area contributed by atoms with E-state index in [1.807, 2.05) is 0 Å². The van der Waals surface area contributed by atoms with Crippen LogP contribution in [0, 0.1) is 5.92 Å². The van der Waals surface area contributed by atoms with Crippen molar-refractivity contribution in [1.29, 1.82) is 0 Å². The van der Waals surface area contributed by atoms with E-state index >= 15 is 0 Å². The zero-order valence-corrected chi connectivity index (χ0v) is 21.6. The van der Waals surface area contributed by atoms with Crippen LogP contribution < -0.4 is 5.32 Å². The number of hydrogen-bond donors (Lipinski definition) is 1. The molecule has 1 aliphatic carbocycles. The van der Waals surface area contributed by atoms with Gasteiger partial charge >= 0.3 is 33.4 Å². The van der Waals surface area contributed by atoms with Gasteiger partial charge in [0.2, 0.25) is 5.83 Å². The molecule has 1 atom stereocenters. The molecule has 2 fully saturated rings. The number of ether oxygens (including phenoxy) is 3. The van der Waals surface area contributed by atoms with Crippen molar-refractivity contribution in [2.75, 3.05) is 13.2 Å². The van der Waals surface area contributed by atoms with Gasteiger partial charge in [-0.05, 0) is 38.0 Å². The van der Waals surface area contributed by atoms with Gasteiger partial charge in [-0.25, -0.2) is 4.79 Å². The van der Waals surface area contributed by atoms with Gasteiger partial charge in [-0.3, -0.25) is 8.98 Å². The summed E-state index contributed by atoms with van der Waals surface area (Å²) in [6.45, 7) is 6.09.